The fourth-order valence-corrected chi connectivity index (χ4v) is 5.70. The summed E-state index contributed by atoms with van der Waals surface area (Å²) in [4.78, 5) is 19.4. The monoisotopic (exact) mass is 526 g/mol. The van der Waals surface area contributed by atoms with E-state index in [1.165, 1.54) is 17.7 Å². The summed E-state index contributed by atoms with van der Waals surface area (Å²) in [6.45, 7) is 2.31. The maximum Gasteiger partial charge on any atom is 0.259 e. The second kappa shape index (κ2) is 11.0. The van der Waals surface area contributed by atoms with Crippen molar-refractivity contribution in [1.82, 2.24) is 0 Å². The SMILES string of the molecule is CCOc1cc(C=Nc2sc3c(c2C(=O)Nc2ccccc2)CCCCCC3)cc(Br)c1O. The molecule has 2 aromatic carbocycles. The fourth-order valence-electron chi connectivity index (χ4n) is 4.01. The van der Waals surface area contributed by atoms with Crippen LogP contribution in [0.15, 0.2) is 51.9 Å². The lowest BCUT2D eigenvalue weighted by Crippen LogP contribution is -2.14. The van der Waals surface area contributed by atoms with Crippen molar-refractivity contribution in [3.8, 4) is 11.5 Å². The van der Waals surface area contributed by atoms with Gasteiger partial charge in [0.05, 0.1) is 16.6 Å². The van der Waals surface area contributed by atoms with Crippen LogP contribution >= 0.6 is 27.3 Å². The Balaban J connectivity index is 1.71. The van der Waals surface area contributed by atoms with Crippen molar-refractivity contribution >= 4 is 50.1 Å². The van der Waals surface area contributed by atoms with E-state index in [0.29, 0.717) is 22.4 Å². The third-order valence-electron chi connectivity index (χ3n) is 5.59. The molecule has 33 heavy (non-hydrogen) atoms. The zero-order valence-corrected chi connectivity index (χ0v) is 21.0. The van der Waals surface area contributed by atoms with Crippen LogP contribution in [0.3, 0.4) is 0 Å². The molecular weight excluding hydrogens is 500 g/mol. The summed E-state index contributed by atoms with van der Waals surface area (Å²) >= 11 is 4.99. The highest BCUT2D eigenvalue weighted by Crippen LogP contribution is 2.40. The van der Waals surface area contributed by atoms with Gasteiger partial charge in [0.25, 0.3) is 5.91 Å². The van der Waals surface area contributed by atoms with E-state index in [9.17, 15) is 9.90 Å². The molecule has 0 fully saturated rings. The molecule has 5 nitrogen and oxygen atoms in total. The Labute approximate surface area is 206 Å². The van der Waals surface area contributed by atoms with Crippen LogP contribution in [-0.4, -0.2) is 23.8 Å². The molecule has 0 aliphatic heterocycles. The first-order chi connectivity index (χ1) is 16.1. The molecule has 0 spiro atoms. The molecular formula is C26H27BrN2O3S. The van der Waals surface area contributed by atoms with E-state index in [-0.39, 0.29) is 11.7 Å². The zero-order chi connectivity index (χ0) is 23.2. The first-order valence-corrected chi connectivity index (χ1v) is 12.9. The largest absolute Gasteiger partial charge is 0.503 e. The van der Waals surface area contributed by atoms with Crippen LogP contribution in [0.4, 0.5) is 10.7 Å². The van der Waals surface area contributed by atoms with Gasteiger partial charge >= 0.3 is 0 Å². The minimum Gasteiger partial charge on any atom is -0.503 e. The van der Waals surface area contributed by atoms with E-state index in [1.807, 2.05) is 37.3 Å². The van der Waals surface area contributed by atoms with E-state index < -0.39 is 0 Å². The summed E-state index contributed by atoms with van der Waals surface area (Å²) in [5.74, 6) is 0.346. The van der Waals surface area contributed by atoms with Crippen LogP contribution in [0.5, 0.6) is 11.5 Å². The molecule has 1 amide bonds. The number of anilines is 1. The summed E-state index contributed by atoms with van der Waals surface area (Å²) in [5.41, 5.74) is 3.37. The summed E-state index contributed by atoms with van der Waals surface area (Å²) in [5, 5.41) is 14.0. The van der Waals surface area contributed by atoms with Gasteiger partial charge in [0, 0.05) is 16.8 Å². The predicted octanol–water partition coefficient (Wildman–Crippen LogP) is 7.28. The molecule has 7 heteroatoms. The Hall–Kier alpha value is -2.64. The van der Waals surface area contributed by atoms with Crippen molar-refractivity contribution in [2.24, 2.45) is 4.99 Å². The predicted molar refractivity (Wildman–Crippen MR) is 139 cm³/mol. The number of para-hydroxylation sites is 1. The van der Waals surface area contributed by atoms with Crippen molar-refractivity contribution in [2.45, 2.75) is 45.4 Å². The highest BCUT2D eigenvalue weighted by Gasteiger charge is 2.24. The normalized spacial score (nSPS) is 13.9. The summed E-state index contributed by atoms with van der Waals surface area (Å²) in [6.07, 6.45) is 8.25. The van der Waals surface area contributed by atoms with Crippen LogP contribution < -0.4 is 10.1 Å². The summed E-state index contributed by atoms with van der Waals surface area (Å²) < 4.78 is 6.07. The summed E-state index contributed by atoms with van der Waals surface area (Å²) in [7, 11) is 0. The number of aliphatic imine (C=N–C) groups is 1. The number of aromatic hydroxyl groups is 1. The fraction of sp³-hybridized carbons (Fsp3) is 0.308. The molecule has 1 heterocycles. The average molecular weight is 527 g/mol. The highest BCUT2D eigenvalue weighted by atomic mass is 79.9. The van der Waals surface area contributed by atoms with E-state index >= 15 is 0 Å². The summed E-state index contributed by atoms with van der Waals surface area (Å²) in [6, 6.07) is 13.1. The lowest BCUT2D eigenvalue weighted by Gasteiger charge is -2.12. The molecule has 0 unspecified atom stereocenters. The number of hydrogen-bond donors (Lipinski definition) is 2. The first kappa shape index (κ1) is 23.5. The second-order valence-electron chi connectivity index (χ2n) is 7.96. The van der Waals surface area contributed by atoms with E-state index in [2.05, 4.69) is 21.2 Å². The van der Waals surface area contributed by atoms with Gasteiger partial charge in [-0.1, -0.05) is 31.0 Å². The van der Waals surface area contributed by atoms with E-state index in [4.69, 9.17) is 9.73 Å². The number of nitrogens with zero attached hydrogens (tertiary/aromatic N) is 1. The Morgan fingerprint density at radius 1 is 1.18 bits per heavy atom. The number of benzene rings is 2. The van der Waals surface area contributed by atoms with E-state index in [0.717, 1.165) is 47.5 Å². The Bertz CT molecular complexity index is 1160. The lowest BCUT2D eigenvalue weighted by atomic mass is 9.96. The van der Waals surface area contributed by atoms with Crippen molar-refractivity contribution in [3.63, 3.8) is 0 Å². The molecule has 3 aromatic rings. The van der Waals surface area contributed by atoms with Crippen molar-refractivity contribution < 1.29 is 14.6 Å². The average Bonchev–Trinajstić information content (AvgIpc) is 3.12. The molecule has 1 aliphatic carbocycles. The third kappa shape index (κ3) is 5.65. The molecule has 172 valence electrons. The van der Waals surface area contributed by atoms with Gasteiger partial charge in [-0.05, 0) is 83.9 Å². The minimum absolute atomic E-state index is 0.0658. The maximum atomic E-state index is 13.4. The highest BCUT2D eigenvalue weighted by molar-refractivity contribution is 9.10. The number of amides is 1. The molecule has 0 radical (unpaired) electrons. The second-order valence-corrected chi connectivity index (χ2v) is 9.90. The van der Waals surface area contributed by atoms with Gasteiger partial charge in [0.1, 0.15) is 5.00 Å². The van der Waals surface area contributed by atoms with Gasteiger partial charge < -0.3 is 15.2 Å². The third-order valence-corrected chi connectivity index (χ3v) is 7.40. The molecule has 2 N–H and O–H groups in total. The Morgan fingerprint density at radius 3 is 2.70 bits per heavy atom. The standard InChI is InChI=1S/C26H27BrN2O3S/c1-2-32-21-15-17(14-20(27)24(21)30)16-28-26-23(25(31)29-18-10-6-5-7-11-18)19-12-8-3-4-9-13-22(19)33-26/h5-7,10-11,14-16,30H,2-4,8-9,12-13H2,1H3,(H,29,31). The van der Waals surface area contributed by atoms with Crippen molar-refractivity contribution in [2.75, 3.05) is 11.9 Å². The van der Waals surface area contributed by atoms with Crippen LogP contribution in [0.1, 0.15) is 59.0 Å². The van der Waals surface area contributed by atoms with Gasteiger partial charge in [0.2, 0.25) is 0 Å². The number of rotatable bonds is 6. The lowest BCUT2D eigenvalue weighted by molar-refractivity contribution is 0.102. The molecule has 0 saturated carbocycles. The number of aryl methyl sites for hydroxylation is 1. The maximum absolute atomic E-state index is 13.4. The number of carbonyl (C=O) groups is 1. The van der Waals surface area contributed by atoms with Crippen LogP contribution in [0.25, 0.3) is 0 Å². The topological polar surface area (TPSA) is 70.9 Å². The molecule has 1 aliphatic rings. The number of fused-ring (bicyclic) bond motifs is 1. The van der Waals surface area contributed by atoms with Crippen LogP contribution in [0, 0.1) is 0 Å². The molecule has 1 aromatic heterocycles. The number of hydrogen-bond acceptors (Lipinski definition) is 5. The molecule has 4 rings (SSSR count). The number of phenols is 1. The minimum atomic E-state index is -0.117. The number of thiophene rings is 1. The van der Waals surface area contributed by atoms with Gasteiger partial charge in [-0.3, -0.25) is 4.79 Å². The van der Waals surface area contributed by atoms with Crippen LogP contribution in [0.2, 0.25) is 0 Å². The van der Waals surface area contributed by atoms with Crippen LogP contribution in [-0.2, 0) is 12.8 Å². The zero-order valence-electron chi connectivity index (χ0n) is 18.6. The number of ether oxygens (including phenoxy) is 1. The number of phenolic OH excluding ortho intramolecular Hbond substituents is 1. The van der Waals surface area contributed by atoms with Gasteiger partial charge in [-0.25, -0.2) is 4.99 Å². The quantitative estimate of drug-likeness (QED) is 0.331. The van der Waals surface area contributed by atoms with Gasteiger partial charge in [-0.2, -0.15) is 0 Å². The number of nitrogens with one attached hydrogen (secondary N) is 1. The smallest absolute Gasteiger partial charge is 0.259 e. The molecule has 0 bridgehead atoms. The van der Waals surface area contributed by atoms with Crippen molar-refractivity contribution in [3.05, 3.63) is 68.5 Å². The van der Waals surface area contributed by atoms with Gasteiger partial charge in [0.15, 0.2) is 11.5 Å². The number of carbonyl (C=O) groups excluding carboxylic acids is 1. The molecule has 0 atom stereocenters. The number of halogens is 1. The van der Waals surface area contributed by atoms with E-state index in [1.54, 1.807) is 29.7 Å². The Kier molecular flexibility index (Phi) is 7.83. The Morgan fingerprint density at radius 2 is 1.94 bits per heavy atom. The first-order valence-electron chi connectivity index (χ1n) is 11.3. The molecule has 0 saturated heterocycles. The van der Waals surface area contributed by atoms with Crippen molar-refractivity contribution in [1.29, 1.82) is 0 Å². The van der Waals surface area contributed by atoms with Gasteiger partial charge in [-0.15, -0.1) is 11.3 Å².